The summed E-state index contributed by atoms with van der Waals surface area (Å²) in [6, 6.07) is 1.82. The van der Waals surface area contributed by atoms with Gasteiger partial charge in [0.1, 0.15) is 5.76 Å². The van der Waals surface area contributed by atoms with Gasteiger partial charge in [0.15, 0.2) is 0 Å². The molecule has 2 rings (SSSR count). The highest BCUT2D eigenvalue weighted by Crippen LogP contribution is 2.17. The highest BCUT2D eigenvalue weighted by molar-refractivity contribution is 5.95. The first kappa shape index (κ1) is 24.4. The van der Waals surface area contributed by atoms with E-state index in [9.17, 15) is 9.59 Å². The van der Waals surface area contributed by atoms with Gasteiger partial charge >= 0.3 is 0 Å². The number of amides is 2. The van der Waals surface area contributed by atoms with Gasteiger partial charge in [-0.1, -0.05) is 13.8 Å². The number of rotatable bonds is 13. The smallest absolute Gasteiger partial charge is 0.257 e. The second kappa shape index (κ2) is 12.7. The predicted molar refractivity (Wildman–Crippen MR) is 118 cm³/mol. The van der Waals surface area contributed by atoms with E-state index in [2.05, 4.69) is 24.1 Å². The molecule has 1 aliphatic heterocycles. The van der Waals surface area contributed by atoms with E-state index in [0.717, 1.165) is 51.9 Å². The summed E-state index contributed by atoms with van der Waals surface area (Å²) < 4.78 is 11.0. The van der Waals surface area contributed by atoms with E-state index in [0.29, 0.717) is 24.4 Å². The Labute approximate surface area is 181 Å². The topological polar surface area (TPSA) is 75.0 Å². The molecule has 1 aromatic heterocycles. The number of carbonyl (C=O) groups is 2. The maximum absolute atomic E-state index is 13.0. The Balaban J connectivity index is 1.82. The standard InChI is InChI=1S/C23H39N3O4/c1-5-25(6-2)13-7-9-18(3)24-22(27)11-14-26(17-20-10-8-15-30-20)23(28)21-12-16-29-19(21)4/h12,16,18,20H,5-11,13-15,17H2,1-4H3,(H,24,27). The van der Waals surface area contributed by atoms with Crippen molar-refractivity contribution in [3.05, 3.63) is 23.7 Å². The van der Waals surface area contributed by atoms with Crippen molar-refractivity contribution in [3.63, 3.8) is 0 Å². The molecular weight excluding hydrogens is 382 g/mol. The summed E-state index contributed by atoms with van der Waals surface area (Å²) in [5.41, 5.74) is 0.554. The summed E-state index contributed by atoms with van der Waals surface area (Å²) in [4.78, 5) is 29.6. The molecule has 2 amide bonds. The molecule has 1 aromatic rings. The molecule has 0 saturated carbocycles. The van der Waals surface area contributed by atoms with Crippen molar-refractivity contribution in [2.75, 3.05) is 39.3 Å². The Morgan fingerprint density at radius 2 is 2.03 bits per heavy atom. The Morgan fingerprint density at radius 3 is 2.63 bits per heavy atom. The van der Waals surface area contributed by atoms with Crippen molar-refractivity contribution in [3.8, 4) is 0 Å². The molecule has 2 atom stereocenters. The third-order valence-corrected chi connectivity index (χ3v) is 5.85. The van der Waals surface area contributed by atoms with Crippen LogP contribution in [0.3, 0.4) is 0 Å². The van der Waals surface area contributed by atoms with Gasteiger partial charge in [-0.3, -0.25) is 9.59 Å². The third-order valence-electron chi connectivity index (χ3n) is 5.85. The summed E-state index contributed by atoms with van der Waals surface area (Å²) in [5.74, 6) is 0.486. The SMILES string of the molecule is CCN(CC)CCCC(C)NC(=O)CCN(CC1CCCO1)C(=O)c1ccoc1C. The monoisotopic (exact) mass is 421 g/mol. The van der Waals surface area contributed by atoms with Crippen LogP contribution in [-0.4, -0.2) is 73.1 Å². The van der Waals surface area contributed by atoms with Crippen LogP contribution >= 0.6 is 0 Å². The maximum atomic E-state index is 13.0. The lowest BCUT2D eigenvalue weighted by Gasteiger charge is -2.25. The summed E-state index contributed by atoms with van der Waals surface area (Å²) in [5, 5.41) is 3.08. The van der Waals surface area contributed by atoms with Crippen molar-refractivity contribution < 1.29 is 18.7 Å². The Hall–Kier alpha value is -1.86. The zero-order valence-corrected chi connectivity index (χ0v) is 19.1. The van der Waals surface area contributed by atoms with Gasteiger partial charge in [-0.15, -0.1) is 0 Å². The Bertz CT molecular complexity index is 651. The van der Waals surface area contributed by atoms with Gasteiger partial charge < -0.3 is 24.3 Å². The molecule has 1 aliphatic rings. The average Bonchev–Trinajstić information content (AvgIpc) is 3.39. The summed E-state index contributed by atoms with van der Waals surface area (Å²) in [6.45, 7) is 13.0. The van der Waals surface area contributed by atoms with E-state index in [1.165, 1.54) is 6.26 Å². The third kappa shape index (κ3) is 7.76. The molecule has 1 saturated heterocycles. The fourth-order valence-electron chi connectivity index (χ4n) is 3.90. The van der Waals surface area contributed by atoms with Crippen LogP contribution in [-0.2, 0) is 9.53 Å². The minimum absolute atomic E-state index is 0.0144. The molecule has 0 bridgehead atoms. The normalized spacial score (nSPS) is 17.3. The number of ether oxygens (including phenoxy) is 1. The lowest BCUT2D eigenvalue weighted by Crippen LogP contribution is -2.41. The van der Waals surface area contributed by atoms with E-state index in [1.54, 1.807) is 17.9 Å². The minimum atomic E-state index is -0.100. The van der Waals surface area contributed by atoms with Crippen LogP contribution in [0.1, 0.15) is 69.0 Å². The number of hydrogen-bond acceptors (Lipinski definition) is 5. The van der Waals surface area contributed by atoms with Gasteiger partial charge in [0, 0.05) is 32.2 Å². The minimum Gasteiger partial charge on any atom is -0.469 e. The van der Waals surface area contributed by atoms with Crippen molar-refractivity contribution in [2.24, 2.45) is 0 Å². The van der Waals surface area contributed by atoms with Crippen LogP contribution < -0.4 is 5.32 Å². The Kier molecular flexibility index (Phi) is 10.4. The molecule has 0 aromatic carbocycles. The van der Waals surface area contributed by atoms with Crippen molar-refractivity contribution >= 4 is 11.8 Å². The number of furan rings is 1. The van der Waals surface area contributed by atoms with Gasteiger partial charge in [0.05, 0.1) is 17.9 Å². The molecule has 170 valence electrons. The maximum Gasteiger partial charge on any atom is 0.257 e. The number of hydrogen-bond donors (Lipinski definition) is 1. The van der Waals surface area contributed by atoms with Gasteiger partial charge in [-0.2, -0.15) is 0 Å². The fraction of sp³-hybridized carbons (Fsp3) is 0.739. The molecule has 0 radical (unpaired) electrons. The summed E-state index contributed by atoms with van der Waals surface area (Å²) >= 11 is 0. The van der Waals surface area contributed by atoms with Crippen LogP contribution in [0.4, 0.5) is 0 Å². The highest BCUT2D eigenvalue weighted by Gasteiger charge is 2.25. The molecule has 0 spiro atoms. The number of carbonyl (C=O) groups excluding carboxylic acids is 2. The van der Waals surface area contributed by atoms with Gasteiger partial charge in [0.25, 0.3) is 5.91 Å². The first-order chi connectivity index (χ1) is 14.4. The number of nitrogens with zero attached hydrogens (tertiary/aromatic N) is 2. The summed E-state index contributed by atoms with van der Waals surface area (Å²) in [6.07, 6.45) is 5.84. The predicted octanol–water partition coefficient (Wildman–Crippen LogP) is 3.23. The van der Waals surface area contributed by atoms with E-state index >= 15 is 0 Å². The fourth-order valence-corrected chi connectivity index (χ4v) is 3.90. The van der Waals surface area contributed by atoms with E-state index in [1.807, 2.05) is 6.92 Å². The van der Waals surface area contributed by atoms with E-state index in [4.69, 9.17) is 9.15 Å². The van der Waals surface area contributed by atoms with E-state index in [-0.39, 0.29) is 30.4 Å². The van der Waals surface area contributed by atoms with Crippen LogP contribution in [0.2, 0.25) is 0 Å². The first-order valence-corrected chi connectivity index (χ1v) is 11.4. The quantitative estimate of drug-likeness (QED) is 0.529. The van der Waals surface area contributed by atoms with E-state index < -0.39 is 0 Å². The lowest BCUT2D eigenvalue weighted by atomic mass is 10.1. The molecule has 7 heteroatoms. The van der Waals surface area contributed by atoms with Crippen molar-refractivity contribution in [1.29, 1.82) is 0 Å². The zero-order valence-electron chi connectivity index (χ0n) is 19.1. The summed E-state index contributed by atoms with van der Waals surface area (Å²) in [7, 11) is 0. The average molecular weight is 422 g/mol. The molecule has 2 heterocycles. The molecular formula is C23H39N3O4. The largest absolute Gasteiger partial charge is 0.469 e. The second-order valence-electron chi connectivity index (χ2n) is 8.16. The lowest BCUT2D eigenvalue weighted by molar-refractivity contribution is -0.122. The molecule has 0 aliphatic carbocycles. The van der Waals surface area contributed by atoms with Crippen LogP contribution in [0.5, 0.6) is 0 Å². The van der Waals surface area contributed by atoms with Gasteiger partial charge in [0.2, 0.25) is 5.91 Å². The molecule has 1 N–H and O–H groups in total. The van der Waals surface area contributed by atoms with Crippen molar-refractivity contribution in [2.45, 2.75) is 71.9 Å². The van der Waals surface area contributed by atoms with Crippen LogP contribution in [0.15, 0.2) is 16.7 Å². The highest BCUT2D eigenvalue weighted by atomic mass is 16.5. The molecule has 1 fully saturated rings. The Morgan fingerprint density at radius 1 is 1.27 bits per heavy atom. The van der Waals surface area contributed by atoms with Gasteiger partial charge in [-0.25, -0.2) is 0 Å². The first-order valence-electron chi connectivity index (χ1n) is 11.4. The second-order valence-corrected chi connectivity index (χ2v) is 8.16. The zero-order chi connectivity index (χ0) is 21.9. The van der Waals surface area contributed by atoms with Gasteiger partial charge in [-0.05, 0) is 65.2 Å². The van der Waals surface area contributed by atoms with Crippen LogP contribution in [0, 0.1) is 6.92 Å². The molecule has 30 heavy (non-hydrogen) atoms. The number of aryl methyl sites for hydroxylation is 1. The molecule has 2 unspecified atom stereocenters. The van der Waals surface area contributed by atoms with Crippen molar-refractivity contribution in [1.82, 2.24) is 15.1 Å². The number of nitrogens with one attached hydrogen (secondary N) is 1. The van der Waals surface area contributed by atoms with Crippen LogP contribution in [0.25, 0.3) is 0 Å². The molecule has 7 nitrogen and oxygen atoms in total.